The van der Waals surface area contributed by atoms with E-state index in [0.717, 1.165) is 0 Å². The number of rotatable bonds is 0. The van der Waals surface area contributed by atoms with Crippen molar-refractivity contribution in [2.45, 2.75) is 0 Å². The van der Waals surface area contributed by atoms with E-state index in [4.69, 9.17) is 0 Å². The standard InChI is InChI=1S/Al.Ni.H4Si.W.3H/h;;1H4;;;;. The van der Waals surface area contributed by atoms with Crippen molar-refractivity contribution in [1.82, 2.24) is 0 Å². The van der Waals surface area contributed by atoms with Crippen LogP contribution in [0.2, 0.25) is 0 Å². The summed E-state index contributed by atoms with van der Waals surface area (Å²) >= 11 is 0. The van der Waals surface area contributed by atoms with Gasteiger partial charge in [-0.25, -0.2) is 0 Å². The van der Waals surface area contributed by atoms with Gasteiger partial charge in [-0.2, -0.15) is 0 Å². The van der Waals surface area contributed by atoms with E-state index < -0.39 is 0 Å². The molecule has 0 heterocycles. The second-order valence-electron chi connectivity index (χ2n) is 0. The topological polar surface area (TPSA) is 0 Å². The molecule has 0 nitrogen and oxygen atoms in total. The summed E-state index contributed by atoms with van der Waals surface area (Å²) in [6.07, 6.45) is 0. The molecule has 30 valence electrons. The molecule has 0 saturated carbocycles. The molecule has 0 aromatic carbocycles. The minimum atomic E-state index is 0. The van der Waals surface area contributed by atoms with Crippen molar-refractivity contribution < 1.29 is 37.6 Å². The molecule has 0 spiro atoms. The molecule has 0 rings (SSSR count). The molecule has 0 fully saturated rings. The zero-order valence-electron chi connectivity index (χ0n) is 0.724. The molecule has 0 N–H and O–H groups in total. The molecule has 0 aromatic heterocycles. The Hall–Kier alpha value is 1.93. The van der Waals surface area contributed by atoms with Gasteiger partial charge in [-0.05, 0) is 11.0 Å². The van der Waals surface area contributed by atoms with Crippen LogP contribution in [0.5, 0.6) is 0 Å². The SMILES string of the molecule is [AlH3].[Ni].[SiH4].[W]. The van der Waals surface area contributed by atoms with Crippen LogP contribution >= 0.6 is 0 Å². The quantitative estimate of drug-likeness (QED) is 0.429. The van der Waals surface area contributed by atoms with Crippen LogP contribution in [0, 0.1) is 0 Å². The summed E-state index contributed by atoms with van der Waals surface area (Å²) in [4.78, 5) is 0. The first-order valence-electron chi connectivity index (χ1n) is 0. The van der Waals surface area contributed by atoms with E-state index in [9.17, 15) is 0 Å². The molecule has 0 atom stereocenters. The maximum Gasteiger partial charge on any atom is 0.187 e. The fourth-order valence-electron chi connectivity index (χ4n) is 0. The van der Waals surface area contributed by atoms with E-state index in [1.807, 2.05) is 0 Å². The fourth-order valence-corrected chi connectivity index (χ4v) is 0. The molecule has 0 amide bonds. The van der Waals surface area contributed by atoms with E-state index in [-0.39, 0.29) is 65.9 Å². The Morgan fingerprint density at radius 1 is 1.00 bits per heavy atom. The minimum Gasteiger partial charge on any atom is -0.0149 e. The van der Waals surface area contributed by atoms with Crippen molar-refractivity contribution in [2.24, 2.45) is 0 Å². The summed E-state index contributed by atoms with van der Waals surface area (Å²) in [6.45, 7) is 0. The van der Waals surface area contributed by atoms with Crippen LogP contribution in [0.1, 0.15) is 0 Å². The largest absolute Gasteiger partial charge is 0.187 e. The molecule has 0 aliphatic heterocycles. The Labute approximate surface area is 65.5 Å². The predicted molar refractivity (Wildman–Crippen MR) is 21.3 cm³/mol. The Balaban J connectivity index is 0. The predicted octanol–water partition coefficient (Wildman–Crippen LogP) is -2.64. The van der Waals surface area contributed by atoms with Crippen LogP contribution in [0.3, 0.4) is 0 Å². The van der Waals surface area contributed by atoms with Crippen molar-refractivity contribution in [2.75, 3.05) is 0 Å². The second kappa shape index (κ2) is 20.4. The van der Waals surface area contributed by atoms with Crippen molar-refractivity contribution >= 4 is 28.3 Å². The van der Waals surface area contributed by atoms with Crippen LogP contribution in [0.25, 0.3) is 0 Å². The van der Waals surface area contributed by atoms with Crippen molar-refractivity contribution in [3.63, 3.8) is 0 Å². The fraction of sp³-hybridized carbons (Fsp3) is 0. The van der Waals surface area contributed by atoms with Gasteiger partial charge in [0.2, 0.25) is 0 Å². The van der Waals surface area contributed by atoms with E-state index in [0.29, 0.717) is 0 Å². The van der Waals surface area contributed by atoms with Crippen LogP contribution in [-0.2, 0) is 37.6 Å². The molecule has 0 unspecified atom stereocenters. The Morgan fingerprint density at radius 3 is 1.00 bits per heavy atom. The summed E-state index contributed by atoms with van der Waals surface area (Å²) in [5.41, 5.74) is 0. The molecule has 0 aromatic rings. The van der Waals surface area contributed by atoms with E-state index >= 15 is 0 Å². The molecule has 0 radical (unpaired) electrons. The molecule has 4 heteroatoms. The summed E-state index contributed by atoms with van der Waals surface area (Å²) in [5, 5.41) is 0. The summed E-state index contributed by atoms with van der Waals surface area (Å²) < 4.78 is 0. The van der Waals surface area contributed by atoms with E-state index in [1.54, 1.807) is 0 Å². The molecule has 0 saturated heterocycles. The van der Waals surface area contributed by atoms with Crippen LogP contribution < -0.4 is 0 Å². The second-order valence-corrected chi connectivity index (χ2v) is 0. The van der Waals surface area contributed by atoms with E-state index in [1.165, 1.54) is 0 Å². The summed E-state index contributed by atoms with van der Waals surface area (Å²) in [7, 11) is 0. The summed E-state index contributed by atoms with van der Waals surface area (Å²) in [6, 6.07) is 0. The first-order chi connectivity index (χ1) is 0. The molecule has 4 heavy (non-hydrogen) atoms. The van der Waals surface area contributed by atoms with Crippen LogP contribution in [-0.4, -0.2) is 28.3 Å². The smallest absolute Gasteiger partial charge is 0.0149 e. The number of hydrogen-bond acceptors (Lipinski definition) is 0. The zero-order chi connectivity index (χ0) is 0. The first kappa shape index (κ1) is 38.7. The van der Waals surface area contributed by atoms with Crippen LogP contribution in [0.4, 0.5) is 0 Å². The van der Waals surface area contributed by atoms with Gasteiger partial charge in [-0.15, -0.1) is 0 Å². The van der Waals surface area contributed by atoms with Gasteiger partial charge < -0.3 is 0 Å². The average Bonchev–Trinajstić information content (AvgIpc) is 0. The monoisotopic (exact) mass is 304 g/mol. The molecular formula is H7AlNiSiW. The van der Waals surface area contributed by atoms with Crippen molar-refractivity contribution in [3.05, 3.63) is 0 Å². The number of hydrogen-bond donors (Lipinski definition) is 0. The maximum atomic E-state index is 0. The third-order valence-electron chi connectivity index (χ3n) is 0. The van der Waals surface area contributed by atoms with Gasteiger partial charge in [-0.1, -0.05) is 0 Å². The van der Waals surface area contributed by atoms with Gasteiger partial charge in [0.1, 0.15) is 0 Å². The van der Waals surface area contributed by atoms with Gasteiger partial charge in [0.05, 0.1) is 0 Å². The Kier molecular flexibility index (Phi) is 198. The first-order valence-corrected chi connectivity index (χ1v) is 0. The van der Waals surface area contributed by atoms with Gasteiger partial charge >= 0.3 is 0 Å². The Morgan fingerprint density at radius 2 is 1.00 bits per heavy atom. The van der Waals surface area contributed by atoms with E-state index in [2.05, 4.69) is 0 Å². The van der Waals surface area contributed by atoms with Gasteiger partial charge in [0.25, 0.3) is 0 Å². The van der Waals surface area contributed by atoms with Gasteiger partial charge in [-0.3, -0.25) is 0 Å². The molecule has 0 aliphatic rings. The van der Waals surface area contributed by atoms with Gasteiger partial charge in [0.15, 0.2) is 17.4 Å². The van der Waals surface area contributed by atoms with Crippen LogP contribution in [0.15, 0.2) is 0 Å². The average molecular weight is 305 g/mol. The molecular weight excluding hydrogens is 298 g/mol. The zero-order valence-corrected chi connectivity index (χ0v) is 4.65. The third kappa shape index (κ3) is 9.06. The molecule has 0 aliphatic carbocycles. The molecule has 0 bridgehead atoms. The normalized spacial score (nSPS) is 0. The van der Waals surface area contributed by atoms with Crippen molar-refractivity contribution in [1.29, 1.82) is 0 Å². The third-order valence-corrected chi connectivity index (χ3v) is 0. The van der Waals surface area contributed by atoms with Gasteiger partial charge in [0, 0.05) is 37.6 Å². The minimum absolute atomic E-state index is 0. The maximum absolute atomic E-state index is 0. The summed E-state index contributed by atoms with van der Waals surface area (Å²) in [5.74, 6) is 0. The van der Waals surface area contributed by atoms with Crippen molar-refractivity contribution in [3.8, 4) is 0 Å². The Bertz CT molecular complexity index is 8.00.